The molecule has 1 aliphatic heterocycles. The van der Waals surface area contributed by atoms with E-state index >= 15 is 0 Å². The van der Waals surface area contributed by atoms with Gasteiger partial charge in [-0.05, 0) is 11.6 Å². The summed E-state index contributed by atoms with van der Waals surface area (Å²) in [5.41, 5.74) is 1.42. The zero-order valence-electron chi connectivity index (χ0n) is 14.7. The second kappa shape index (κ2) is 7.75. The molecular formula is C19H19ClN6O. The lowest BCUT2D eigenvalue weighted by Gasteiger charge is -2.36. The average Bonchev–Trinajstić information content (AvgIpc) is 2.73. The van der Waals surface area contributed by atoms with Gasteiger partial charge in [0.05, 0.1) is 18.4 Å². The number of nitrogens with zero attached hydrogens (tertiary/aromatic N) is 6. The molecule has 8 heteroatoms. The zero-order chi connectivity index (χ0) is 18.6. The quantitative estimate of drug-likeness (QED) is 0.688. The average molecular weight is 383 g/mol. The number of anilines is 2. The molecule has 7 nitrogen and oxygen atoms in total. The molecule has 0 amide bonds. The Morgan fingerprint density at radius 3 is 2.30 bits per heavy atom. The summed E-state index contributed by atoms with van der Waals surface area (Å²) >= 11 is 6.40. The number of hydrogen-bond donors (Lipinski definition) is 0. The van der Waals surface area contributed by atoms with Crippen molar-refractivity contribution < 1.29 is 0 Å². The first kappa shape index (κ1) is 17.5. The summed E-state index contributed by atoms with van der Waals surface area (Å²) in [6, 6.07) is 11.5. The molecule has 4 rings (SSSR count). The van der Waals surface area contributed by atoms with Crippen LogP contribution in [0.2, 0.25) is 5.02 Å². The molecule has 1 aliphatic rings. The van der Waals surface area contributed by atoms with Crippen LogP contribution in [0, 0.1) is 0 Å². The molecule has 0 unspecified atom stereocenters. The highest BCUT2D eigenvalue weighted by molar-refractivity contribution is 6.33. The van der Waals surface area contributed by atoms with Crippen molar-refractivity contribution >= 4 is 23.2 Å². The smallest absolute Gasteiger partial charge is 0.287 e. The highest BCUT2D eigenvalue weighted by atomic mass is 35.5. The van der Waals surface area contributed by atoms with E-state index < -0.39 is 0 Å². The molecule has 0 N–H and O–H groups in total. The van der Waals surface area contributed by atoms with Gasteiger partial charge in [-0.2, -0.15) is 5.10 Å². The molecule has 1 aromatic carbocycles. The Morgan fingerprint density at radius 2 is 1.59 bits per heavy atom. The van der Waals surface area contributed by atoms with Crippen molar-refractivity contribution in [1.29, 1.82) is 0 Å². The van der Waals surface area contributed by atoms with Crippen LogP contribution in [-0.4, -0.2) is 45.9 Å². The lowest BCUT2D eigenvalue weighted by Crippen LogP contribution is -2.47. The Kier molecular flexibility index (Phi) is 5.02. The molecule has 27 heavy (non-hydrogen) atoms. The third kappa shape index (κ3) is 3.78. The number of aromatic nitrogens is 4. The predicted octanol–water partition coefficient (Wildman–Crippen LogP) is 2.06. The van der Waals surface area contributed by atoms with Gasteiger partial charge in [-0.15, -0.1) is 0 Å². The van der Waals surface area contributed by atoms with E-state index in [-0.39, 0.29) is 10.6 Å². The van der Waals surface area contributed by atoms with Crippen molar-refractivity contribution in [1.82, 2.24) is 19.7 Å². The SMILES string of the molecule is O=c1c(Cl)c(N2CCN(c3ncccn3)CC2)cnn1Cc1ccccc1. The van der Waals surface area contributed by atoms with Crippen molar-refractivity contribution in [2.24, 2.45) is 0 Å². The van der Waals surface area contributed by atoms with Gasteiger partial charge >= 0.3 is 0 Å². The molecule has 138 valence electrons. The zero-order valence-corrected chi connectivity index (χ0v) is 15.5. The van der Waals surface area contributed by atoms with Crippen molar-refractivity contribution in [2.45, 2.75) is 6.54 Å². The number of rotatable bonds is 4. The predicted molar refractivity (Wildman–Crippen MR) is 106 cm³/mol. The molecule has 0 spiro atoms. The van der Waals surface area contributed by atoms with Crippen LogP contribution in [0.3, 0.4) is 0 Å². The number of halogens is 1. The van der Waals surface area contributed by atoms with Gasteiger partial charge < -0.3 is 9.80 Å². The first-order valence-corrected chi connectivity index (χ1v) is 9.16. The van der Waals surface area contributed by atoms with Crippen LogP contribution in [0.4, 0.5) is 11.6 Å². The molecule has 0 atom stereocenters. The standard InChI is InChI=1S/C19H19ClN6O/c20-17-16(13-23-26(18(17)27)14-15-5-2-1-3-6-15)24-9-11-25(12-10-24)19-21-7-4-8-22-19/h1-8,13H,9-12,14H2. The first-order chi connectivity index (χ1) is 13.2. The summed E-state index contributed by atoms with van der Waals surface area (Å²) in [4.78, 5) is 25.4. The van der Waals surface area contributed by atoms with E-state index in [2.05, 4.69) is 24.9 Å². The van der Waals surface area contributed by atoms with Crippen molar-refractivity contribution in [3.05, 3.63) is 75.9 Å². The van der Waals surface area contributed by atoms with Crippen molar-refractivity contribution in [3.63, 3.8) is 0 Å². The second-order valence-corrected chi connectivity index (χ2v) is 6.69. The maximum Gasteiger partial charge on any atom is 0.287 e. The van der Waals surface area contributed by atoms with Crippen LogP contribution in [0.5, 0.6) is 0 Å². The molecule has 0 radical (unpaired) electrons. The summed E-state index contributed by atoms with van der Waals surface area (Å²) in [5, 5.41) is 4.54. The van der Waals surface area contributed by atoms with Gasteiger partial charge in [0.2, 0.25) is 5.95 Å². The highest BCUT2D eigenvalue weighted by Crippen LogP contribution is 2.23. The van der Waals surface area contributed by atoms with E-state index in [0.29, 0.717) is 12.2 Å². The monoisotopic (exact) mass is 382 g/mol. The third-order valence-electron chi connectivity index (χ3n) is 4.60. The molecular weight excluding hydrogens is 364 g/mol. The van der Waals surface area contributed by atoms with E-state index in [1.54, 1.807) is 24.7 Å². The lowest BCUT2D eigenvalue weighted by atomic mass is 10.2. The normalized spacial score (nSPS) is 14.4. The number of piperazine rings is 1. The van der Waals surface area contributed by atoms with Crippen LogP contribution in [0.25, 0.3) is 0 Å². The summed E-state index contributed by atoms with van der Waals surface area (Å²) < 4.78 is 1.40. The molecule has 1 fully saturated rings. The molecule has 2 aromatic heterocycles. The van der Waals surface area contributed by atoms with Gasteiger partial charge in [-0.1, -0.05) is 41.9 Å². The molecule has 1 saturated heterocycles. The fraction of sp³-hybridized carbons (Fsp3) is 0.263. The largest absolute Gasteiger partial charge is 0.365 e. The summed E-state index contributed by atoms with van der Waals surface area (Å²) in [6.45, 7) is 3.36. The van der Waals surface area contributed by atoms with E-state index in [9.17, 15) is 4.79 Å². The maximum atomic E-state index is 12.6. The van der Waals surface area contributed by atoms with Gasteiger partial charge in [-0.3, -0.25) is 4.79 Å². The third-order valence-corrected chi connectivity index (χ3v) is 4.95. The topological polar surface area (TPSA) is 67.2 Å². The molecule has 3 heterocycles. The Balaban J connectivity index is 1.48. The van der Waals surface area contributed by atoms with Gasteiger partial charge in [0.1, 0.15) is 5.02 Å². The minimum Gasteiger partial charge on any atom is -0.365 e. The summed E-state index contributed by atoms with van der Waals surface area (Å²) in [6.07, 6.45) is 5.16. The van der Waals surface area contributed by atoms with Gasteiger partial charge in [-0.25, -0.2) is 14.6 Å². The van der Waals surface area contributed by atoms with E-state index in [1.807, 2.05) is 30.3 Å². The van der Waals surface area contributed by atoms with Crippen molar-refractivity contribution in [2.75, 3.05) is 36.0 Å². The molecule has 0 aliphatic carbocycles. The van der Waals surface area contributed by atoms with Crippen LogP contribution in [-0.2, 0) is 6.54 Å². The Hall–Kier alpha value is -2.93. The van der Waals surface area contributed by atoms with Gasteiger partial charge in [0, 0.05) is 38.6 Å². The van der Waals surface area contributed by atoms with Gasteiger partial charge in [0.25, 0.3) is 5.56 Å². The Morgan fingerprint density at radius 1 is 0.926 bits per heavy atom. The van der Waals surface area contributed by atoms with Crippen molar-refractivity contribution in [3.8, 4) is 0 Å². The van der Waals surface area contributed by atoms with Crippen LogP contribution in [0.1, 0.15) is 5.56 Å². The van der Waals surface area contributed by atoms with Crippen LogP contribution < -0.4 is 15.4 Å². The second-order valence-electron chi connectivity index (χ2n) is 6.32. The van der Waals surface area contributed by atoms with E-state index in [0.717, 1.165) is 37.7 Å². The van der Waals surface area contributed by atoms with Crippen LogP contribution >= 0.6 is 11.6 Å². The number of hydrogen-bond acceptors (Lipinski definition) is 6. The fourth-order valence-corrected chi connectivity index (χ4v) is 3.41. The minimum atomic E-state index is -0.271. The number of benzene rings is 1. The Labute approximate surface area is 161 Å². The van der Waals surface area contributed by atoms with E-state index in [4.69, 9.17) is 11.6 Å². The maximum absolute atomic E-state index is 12.6. The fourth-order valence-electron chi connectivity index (χ4n) is 3.15. The van der Waals surface area contributed by atoms with Gasteiger partial charge in [0.15, 0.2) is 0 Å². The highest BCUT2D eigenvalue weighted by Gasteiger charge is 2.22. The summed E-state index contributed by atoms with van der Waals surface area (Å²) in [7, 11) is 0. The molecule has 0 bridgehead atoms. The molecule has 3 aromatic rings. The Bertz CT molecular complexity index is 955. The molecule has 0 saturated carbocycles. The minimum absolute atomic E-state index is 0.213. The lowest BCUT2D eigenvalue weighted by molar-refractivity contribution is 0.617. The van der Waals surface area contributed by atoms with E-state index in [1.165, 1.54) is 4.68 Å². The first-order valence-electron chi connectivity index (χ1n) is 8.79. The van der Waals surface area contributed by atoms with Crippen LogP contribution in [0.15, 0.2) is 59.8 Å². The summed E-state index contributed by atoms with van der Waals surface area (Å²) in [5.74, 6) is 0.722.